The number of nitrogens with one attached hydrogen (secondary N) is 3. The standard InChI is InChI=1S/C34H39N5O2/c1-21(2)23(4)36-31(40)25-13-17-27(18-14-25)37-33-35-20-19-30(39-33)28-9-8-10-29(22(28)3)38-32(41)24-11-15-26(16-12-24)34(5,6)7/h8-21,23H,1-7H3,(H,36,40)(H,38,41)(H,35,37,39). The Bertz CT molecular complexity index is 1520. The zero-order valence-corrected chi connectivity index (χ0v) is 24.9. The molecule has 7 heteroatoms. The summed E-state index contributed by atoms with van der Waals surface area (Å²) in [7, 11) is 0. The number of anilines is 3. The number of rotatable bonds is 8. The zero-order valence-electron chi connectivity index (χ0n) is 24.9. The molecule has 0 saturated carbocycles. The van der Waals surface area contributed by atoms with Crippen molar-refractivity contribution in [1.29, 1.82) is 0 Å². The highest BCUT2D eigenvalue weighted by Gasteiger charge is 2.16. The van der Waals surface area contributed by atoms with Crippen molar-refractivity contribution >= 4 is 29.1 Å². The van der Waals surface area contributed by atoms with E-state index in [1.54, 1.807) is 18.3 Å². The lowest BCUT2D eigenvalue weighted by atomic mass is 9.86. The molecule has 212 valence electrons. The van der Waals surface area contributed by atoms with Crippen LogP contribution in [0.2, 0.25) is 0 Å². The number of aromatic nitrogens is 2. The Morgan fingerprint density at radius 2 is 1.44 bits per heavy atom. The van der Waals surface area contributed by atoms with Crippen LogP contribution < -0.4 is 16.0 Å². The number of nitrogens with zero attached hydrogens (tertiary/aromatic N) is 2. The van der Waals surface area contributed by atoms with E-state index >= 15 is 0 Å². The van der Waals surface area contributed by atoms with Gasteiger partial charge in [-0.2, -0.15) is 0 Å². The topological polar surface area (TPSA) is 96.0 Å². The molecule has 1 aromatic heterocycles. The number of amides is 2. The van der Waals surface area contributed by atoms with Crippen LogP contribution in [0.4, 0.5) is 17.3 Å². The van der Waals surface area contributed by atoms with Crippen LogP contribution in [0.3, 0.4) is 0 Å². The van der Waals surface area contributed by atoms with Gasteiger partial charge in [-0.15, -0.1) is 0 Å². The largest absolute Gasteiger partial charge is 0.349 e. The summed E-state index contributed by atoms with van der Waals surface area (Å²) in [5.74, 6) is 0.531. The molecule has 41 heavy (non-hydrogen) atoms. The number of benzene rings is 3. The first kappa shape index (κ1) is 29.5. The van der Waals surface area contributed by atoms with Crippen LogP contribution >= 0.6 is 0 Å². The smallest absolute Gasteiger partial charge is 0.255 e. The lowest BCUT2D eigenvalue weighted by molar-refractivity contribution is 0.0930. The van der Waals surface area contributed by atoms with Crippen LogP contribution in [0.25, 0.3) is 11.3 Å². The summed E-state index contributed by atoms with van der Waals surface area (Å²) < 4.78 is 0. The third-order valence-corrected chi connectivity index (χ3v) is 7.29. The monoisotopic (exact) mass is 549 g/mol. The Morgan fingerprint density at radius 3 is 2.07 bits per heavy atom. The number of carbonyl (C=O) groups excluding carboxylic acids is 2. The lowest BCUT2D eigenvalue weighted by Gasteiger charge is -2.19. The molecule has 4 aromatic rings. The molecule has 0 radical (unpaired) electrons. The van der Waals surface area contributed by atoms with Gasteiger partial charge in [-0.1, -0.05) is 58.9 Å². The summed E-state index contributed by atoms with van der Waals surface area (Å²) in [4.78, 5) is 34.6. The molecular formula is C34H39N5O2. The molecule has 0 saturated heterocycles. The maximum absolute atomic E-state index is 13.0. The normalized spacial score (nSPS) is 12.1. The fourth-order valence-corrected chi connectivity index (χ4v) is 4.22. The van der Waals surface area contributed by atoms with E-state index in [1.165, 1.54) is 5.56 Å². The molecule has 2 amide bonds. The van der Waals surface area contributed by atoms with Crippen molar-refractivity contribution in [3.05, 3.63) is 101 Å². The molecule has 0 spiro atoms. The van der Waals surface area contributed by atoms with Gasteiger partial charge in [0.2, 0.25) is 5.95 Å². The van der Waals surface area contributed by atoms with E-state index in [9.17, 15) is 9.59 Å². The van der Waals surface area contributed by atoms with Gasteiger partial charge in [0, 0.05) is 40.3 Å². The molecule has 1 unspecified atom stereocenters. The number of hydrogen-bond donors (Lipinski definition) is 3. The SMILES string of the molecule is Cc1c(NC(=O)c2ccc(C(C)(C)C)cc2)cccc1-c1ccnc(Nc2ccc(C(=O)NC(C)C(C)C)cc2)n1. The predicted molar refractivity (Wildman–Crippen MR) is 167 cm³/mol. The average Bonchev–Trinajstić information content (AvgIpc) is 2.94. The molecule has 0 aliphatic carbocycles. The quantitative estimate of drug-likeness (QED) is 0.211. The molecule has 0 fully saturated rings. The second-order valence-corrected chi connectivity index (χ2v) is 11.7. The summed E-state index contributed by atoms with van der Waals surface area (Å²) in [6, 6.07) is 22.7. The maximum atomic E-state index is 13.0. The fraction of sp³-hybridized carbons (Fsp3) is 0.294. The third kappa shape index (κ3) is 7.37. The molecule has 3 N–H and O–H groups in total. The zero-order chi connectivity index (χ0) is 29.7. The number of hydrogen-bond acceptors (Lipinski definition) is 5. The Balaban J connectivity index is 1.47. The maximum Gasteiger partial charge on any atom is 0.255 e. The van der Waals surface area contributed by atoms with Crippen LogP contribution in [0.15, 0.2) is 79.0 Å². The lowest BCUT2D eigenvalue weighted by Crippen LogP contribution is -2.36. The van der Waals surface area contributed by atoms with Crippen molar-refractivity contribution in [3.63, 3.8) is 0 Å². The summed E-state index contributed by atoms with van der Waals surface area (Å²) in [5, 5.41) is 9.29. The third-order valence-electron chi connectivity index (χ3n) is 7.29. The Kier molecular flexibility index (Phi) is 8.86. The van der Waals surface area contributed by atoms with E-state index in [2.05, 4.69) is 55.6 Å². The van der Waals surface area contributed by atoms with Crippen LogP contribution in [-0.4, -0.2) is 27.8 Å². The summed E-state index contributed by atoms with van der Waals surface area (Å²) >= 11 is 0. The molecule has 0 bridgehead atoms. The second kappa shape index (κ2) is 12.3. The molecule has 1 heterocycles. The fourth-order valence-electron chi connectivity index (χ4n) is 4.22. The second-order valence-electron chi connectivity index (χ2n) is 11.7. The molecular weight excluding hydrogens is 510 g/mol. The van der Waals surface area contributed by atoms with Crippen molar-refractivity contribution in [2.45, 2.75) is 59.9 Å². The van der Waals surface area contributed by atoms with Crippen molar-refractivity contribution < 1.29 is 9.59 Å². The molecule has 1 atom stereocenters. The van der Waals surface area contributed by atoms with E-state index in [4.69, 9.17) is 4.98 Å². The molecule has 0 aliphatic heterocycles. The van der Waals surface area contributed by atoms with Gasteiger partial charge in [0.25, 0.3) is 11.8 Å². The highest BCUT2D eigenvalue weighted by molar-refractivity contribution is 6.05. The summed E-state index contributed by atoms with van der Waals surface area (Å²) in [5.41, 5.74) is 6.42. The molecule has 3 aromatic carbocycles. The van der Waals surface area contributed by atoms with Crippen molar-refractivity contribution in [1.82, 2.24) is 15.3 Å². The van der Waals surface area contributed by atoms with E-state index in [0.29, 0.717) is 23.0 Å². The minimum atomic E-state index is -0.161. The van der Waals surface area contributed by atoms with Crippen molar-refractivity contribution in [2.24, 2.45) is 5.92 Å². The van der Waals surface area contributed by atoms with E-state index in [0.717, 1.165) is 28.2 Å². The van der Waals surface area contributed by atoms with E-state index < -0.39 is 0 Å². The van der Waals surface area contributed by atoms with Gasteiger partial charge in [0.05, 0.1) is 5.69 Å². The highest BCUT2D eigenvalue weighted by atomic mass is 16.2. The van der Waals surface area contributed by atoms with Gasteiger partial charge >= 0.3 is 0 Å². The Labute approximate surface area is 242 Å². The van der Waals surface area contributed by atoms with Gasteiger partial charge in [-0.3, -0.25) is 9.59 Å². The average molecular weight is 550 g/mol. The van der Waals surface area contributed by atoms with Crippen LogP contribution in [0.5, 0.6) is 0 Å². The van der Waals surface area contributed by atoms with Gasteiger partial charge in [-0.05, 0) is 84.8 Å². The van der Waals surface area contributed by atoms with Crippen molar-refractivity contribution in [2.75, 3.05) is 10.6 Å². The van der Waals surface area contributed by atoms with E-state index in [-0.39, 0.29) is 23.3 Å². The van der Waals surface area contributed by atoms with E-state index in [1.807, 2.05) is 74.5 Å². The first-order valence-corrected chi connectivity index (χ1v) is 14.0. The predicted octanol–water partition coefficient (Wildman–Crippen LogP) is 7.52. The summed E-state index contributed by atoms with van der Waals surface area (Å²) in [6.07, 6.45) is 1.70. The molecule has 4 rings (SSSR count). The van der Waals surface area contributed by atoms with Crippen LogP contribution in [-0.2, 0) is 5.41 Å². The first-order chi connectivity index (χ1) is 19.4. The first-order valence-electron chi connectivity index (χ1n) is 14.0. The van der Waals surface area contributed by atoms with Gasteiger partial charge in [-0.25, -0.2) is 9.97 Å². The number of carbonyl (C=O) groups is 2. The Hall–Kier alpha value is -4.52. The van der Waals surface area contributed by atoms with Crippen molar-refractivity contribution in [3.8, 4) is 11.3 Å². The minimum Gasteiger partial charge on any atom is -0.349 e. The van der Waals surface area contributed by atoms with Gasteiger partial charge < -0.3 is 16.0 Å². The Morgan fingerprint density at radius 1 is 0.805 bits per heavy atom. The summed E-state index contributed by atoms with van der Waals surface area (Å²) in [6.45, 7) is 14.6. The van der Waals surface area contributed by atoms with Crippen LogP contribution in [0.1, 0.15) is 73.4 Å². The highest BCUT2D eigenvalue weighted by Crippen LogP contribution is 2.29. The van der Waals surface area contributed by atoms with Gasteiger partial charge in [0.1, 0.15) is 0 Å². The van der Waals surface area contributed by atoms with Crippen LogP contribution in [0, 0.1) is 12.8 Å². The minimum absolute atomic E-state index is 0.0249. The van der Waals surface area contributed by atoms with Gasteiger partial charge in [0.15, 0.2) is 0 Å². The molecule has 7 nitrogen and oxygen atoms in total. The molecule has 0 aliphatic rings.